The van der Waals surface area contributed by atoms with Crippen LogP contribution in [0.1, 0.15) is 17.2 Å². The molecule has 1 N–H and O–H groups in total. The lowest BCUT2D eigenvalue weighted by Gasteiger charge is -2.36. The topological polar surface area (TPSA) is 15.3 Å². The van der Waals surface area contributed by atoms with E-state index in [9.17, 15) is 13.2 Å². The average molecular weight is 337 g/mol. The summed E-state index contributed by atoms with van der Waals surface area (Å²) in [7, 11) is 0. The van der Waals surface area contributed by atoms with Gasteiger partial charge in [0.15, 0.2) is 0 Å². The van der Waals surface area contributed by atoms with Gasteiger partial charge >= 0.3 is 6.18 Å². The number of rotatable bonds is 2. The summed E-state index contributed by atoms with van der Waals surface area (Å²) in [5, 5.41) is 3.07. The largest absolute Gasteiger partial charge is 0.408 e. The van der Waals surface area contributed by atoms with Crippen LogP contribution < -0.4 is 5.32 Å². The summed E-state index contributed by atoms with van der Waals surface area (Å²) < 4.78 is 40.8. The van der Waals surface area contributed by atoms with E-state index in [-0.39, 0.29) is 0 Å². The molecule has 1 saturated heterocycles. The van der Waals surface area contributed by atoms with Crippen LogP contribution in [0, 0.1) is 6.92 Å². The molecule has 1 atom stereocenters. The summed E-state index contributed by atoms with van der Waals surface area (Å²) in [6.45, 7) is 3.88. The second-order valence-electron chi connectivity index (χ2n) is 4.74. The predicted octanol–water partition coefficient (Wildman–Crippen LogP) is 3.27. The van der Waals surface area contributed by atoms with Gasteiger partial charge in [0.2, 0.25) is 0 Å². The first-order valence-electron chi connectivity index (χ1n) is 6.17. The molecule has 1 heterocycles. The number of hydrogen-bond acceptors (Lipinski definition) is 2. The SMILES string of the molecule is Cc1ccc([C@@H](N2CCNCC2)C(F)(F)F)cc1Br. The molecule has 19 heavy (non-hydrogen) atoms. The first-order valence-corrected chi connectivity index (χ1v) is 6.96. The van der Waals surface area contributed by atoms with E-state index in [0.29, 0.717) is 31.7 Å². The molecule has 1 aliphatic heterocycles. The van der Waals surface area contributed by atoms with Crippen LogP contribution in [0.5, 0.6) is 0 Å². The molecule has 2 rings (SSSR count). The molecule has 1 aromatic rings. The van der Waals surface area contributed by atoms with Gasteiger partial charge in [-0.1, -0.05) is 28.1 Å². The molecule has 2 nitrogen and oxygen atoms in total. The molecule has 0 saturated carbocycles. The molecule has 6 heteroatoms. The minimum Gasteiger partial charge on any atom is -0.314 e. The first-order chi connectivity index (χ1) is 8.89. The molecule has 1 fully saturated rings. The molecule has 1 aromatic carbocycles. The Morgan fingerprint density at radius 1 is 1.26 bits per heavy atom. The van der Waals surface area contributed by atoms with E-state index >= 15 is 0 Å². The van der Waals surface area contributed by atoms with E-state index in [1.807, 2.05) is 6.92 Å². The highest BCUT2D eigenvalue weighted by Gasteiger charge is 2.44. The Kier molecular flexibility index (Phi) is 4.53. The van der Waals surface area contributed by atoms with E-state index in [2.05, 4.69) is 21.2 Å². The van der Waals surface area contributed by atoms with Gasteiger partial charge in [-0.2, -0.15) is 13.2 Å². The van der Waals surface area contributed by atoms with Crippen molar-refractivity contribution >= 4 is 15.9 Å². The molecule has 106 valence electrons. The summed E-state index contributed by atoms with van der Waals surface area (Å²) in [4.78, 5) is 1.49. The zero-order chi connectivity index (χ0) is 14.0. The number of aryl methyl sites for hydroxylation is 1. The highest BCUT2D eigenvalue weighted by atomic mass is 79.9. The van der Waals surface area contributed by atoms with Gasteiger partial charge in [-0.25, -0.2) is 0 Å². The van der Waals surface area contributed by atoms with E-state index in [0.717, 1.165) is 10.0 Å². The number of halogens is 4. The van der Waals surface area contributed by atoms with Gasteiger partial charge in [-0.05, 0) is 24.1 Å². The summed E-state index contributed by atoms with van der Waals surface area (Å²) in [6.07, 6.45) is -4.26. The van der Waals surface area contributed by atoms with Crippen molar-refractivity contribution in [2.75, 3.05) is 26.2 Å². The van der Waals surface area contributed by atoms with Crippen molar-refractivity contribution in [1.29, 1.82) is 0 Å². The van der Waals surface area contributed by atoms with Crippen molar-refractivity contribution in [3.63, 3.8) is 0 Å². The maximum atomic E-state index is 13.3. The Balaban J connectivity index is 2.33. The zero-order valence-electron chi connectivity index (χ0n) is 10.6. The summed E-state index contributed by atoms with van der Waals surface area (Å²) in [5.74, 6) is 0. The minimum absolute atomic E-state index is 0.298. The number of nitrogens with one attached hydrogen (secondary N) is 1. The van der Waals surface area contributed by atoms with Gasteiger partial charge < -0.3 is 5.32 Å². The molecular formula is C13H16BrF3N2. The van der Waals surface area contributed by atoms with Gasteiger partial charge in [-0.3, -0.25) is 4.90 Å². The van der Waals surface area contributed by atoms with Crippen molar-refractivity contribution in [3.8, 4) is 0 Å². The monoisotopic (exact) mass is 336 g/mol. The third kappa shape index (κ3) is 3.49. The molecule has 1 aliphatic rings. The van der Waals surface area contributed by atoms with E-state index in [4.69, 9.17) is 0 Å². The Labute approximate surface area is 119 Å². The molecule has 0 unspecified atom stereocenters. The van der Waals surface area contributed by atoms with Crippen molar-refractivity contribution in [3.05, 3.63) is 33.8 Å². The van der Waals surface area contributed by atoms with E-state index in [1.165, 1.54) is 4.90 Å². The molecule has 0 aliphatic carbocycles. The molecule has 0 radical (unpaired) electrons. The van der Waals surface area contributed by atoms with Crippen molar-refractivity contribution in [1.82, 2.24) is 10.2 Å². The van der Waals surface area contributed by atoms with Gasteiger partial charge in [-0.15, -0.1) is 0 Å². The fourth-order valence-electron chi connectivity index (χ4n) is 2.33. The lowest BCUT2D eigenvalue weighted by molar-refractivity contribution is -0.187. The minimum atomic E-state index is -4.26. The van der Waals surface area contributed by atoms with Crippen LogP contribution in [0.15, 0.2) is 22.7 Å². The Hall–Kier alpha value is -0.590. The van der Waals surface area contributed by atoms with Crippen LogP contribution in [0.25, 0.3) is 0 Å². The Bertz CT molecular complexity index is 442. The number of alkyl halides is 3. The second kappa shape index (κ2) is 5.81. The maximum Gasteiger partial charge on any atom is 0.408 e. The summed E-state index contributed by atoms with van der Waals surface area (Å²) in [6, 6.07) is 3.35. The molecule has 0 bridgehead atoms. The normalized spacial score (nSPS) is 19.4. The van der Waals surface area contributed by atoms with Gasteiger partial charge in [0.25, 0.3) is 0 Å². The summed E-state index contributed by atoms with van der Waals surface area (Å²) >= 11 is 3.31. The van der Waals surface area contributed by atoms with Crippen LogP contribution in [-0.4, -0.2) is 37.3 Å². The van der Waals surface area contributed by atoms with Crippen molar-refractivity contribution in [2.24, 2.45) is 0 Å². The highest BCUT2D eigenvalue weighted by molar-refractivity contribution is 9.10. The molecule has 0 aromatic heterocycles. The third-order valence-corrected chi connectivity index (χ3v) is 4.19. The van der Waals surface area contributed by atoms with Gasteiger partial charge in [0.05, 0.1) is 0 Å². The standard InChI is InChI=1S/C13H16BrF3N2/c1-9-2-3-10(8-11(9)14)12(13(15,16)17)19-6-4-18-5-7-19/h2-3,8,12,18H,4-7H2,1H3/t12-/m1/s1. The predicted molar refractivity (Wildman–Crippen MR) is 72.1 cm³/mol. The lowest BCUT2D eigenvalue weighted by Crippen LogP contribution is -2.49. The average Bonchev–Trinajstić information content (AvgIpc) is 2.34. The molecular weight excluding hydrogens is 321 g/mol. The summed E-state index contributed by atoms with van der Waals surface area (Å²) in [5.41, 5.74) is 1.23. The number of piperazine rings is 1. The van der Waals surface area contributed by atoms with Crippen molar-refractivity contribution < 1.29 is 13.2 Å². The fourth-order valence-corrected chi connectivity index (χ4v) is 2.72. The Morgan fingerprint density at radius 2 is 1.89 bits per heavy atom. The van der Waals surface area contributed by atoms with Crippen LogP contribution >= 0.6 is 15.9 Å². The number of benzene rings is 1. The lowest BCUT2D eigenvalue weighted by atomic mass is 10.0. The van der Waals surface area contributed by atoms with Gasteiger partial charge in [0.1, 0.15) is 6.04 Å². The zero-order valence-corrected chi connectivity index (χ0v) is 12.2. The van der Waals surface area contributed by atoms with Crippen LogP contribution in [0.3, 0.4) is 0 Å². The van der Waals surface area contributed by atoms with Crippen molar-refractivity contribution in [2.45, 2.75) is 19.1 Å². The number of hydrogen-bond donors (Lipinski definition) is 1. The highest BCUT2D eigenvalue weighted by Crippen LogP contribution is 2.38. The molecule has 0 spiro atoms. The van der Waals surface area contributed by atoms with Crippen LogP contribution in [0.2, 0.25) is 0 Å². The first kappa shape index (κ1) is 14.8. The second-order valence-corrected chi connectivity index (χ2v) is 5.59. The van der Waals surface area contributed by atoms with Crippen LogP contribution in [-0.2, 0) is 0 Å². The number of nitrogens with zero attached hydrogens (tertiary/aromatic N) is 1. The maximum absolute atomic E-state index is 13.3. The van der Waals surface area contributed by atoms with Gasteiger partial charge in [0, 0.05) is 30.7 Å². The van der Waals surface area contributed by atoms with E-state index < -0.39 is 12.2 Å². The molecule has 0 amide bonds. The smallest absolute Gasteiger partial charge is 0.314 e. The van der Waals surface area contributed by atoms with Crippen LogP contribution in [0.4, 0.5) is 13.2 Å². The Morgan fingerprint density at radius 3 is 2.42 bits per heavy atom. The third-order valence-electron chi connectivity index (χ3n) is 3.34. The fraction of sp³-hybridized carbons (Fsp3) is 0.538. The van der Waals surface area contributed by atoms with E-state index in [1.54, 1.807) is 18.2 Å². The quantitative estimate of drug-likeness (QED) is 0.891.